The van der Waals surface area contributed by atoms with Gasteiger partial charge in [0.05, 0.1) is 30.8 Å². The monoisotopic (exact) mass is 544 g/mol. The van der Waals surface area contributed by atoms with E-state index in [0.717, 1.165) is 23.9 Å². The highest BCUT2D eigenvalue weighted by atomic mass is 32.2. The van der Waals surface area contributed by atoms with Crippen molar-refractivity contribution in [1.82, 2.24) is 14.5 Å². The second-order valence-electron chi connectivity index (χ2n) is 8.89. The second kappa shape index (κ2) is 9.87. The molecule has 1 N–H and O–H groups in total. The quantitative estimate of drug-likeness (QED) is 0.587. The van der Waals surface area contributed by atoms with E-state index in [-0.39, 0.29) is 28.9 Å². The summed E-state index contributed by atoms with van der Waals surface area (Å²) in [4.78, 5) is 31.2. The molecule has 4 heterocycles. The van der Waals surface area contributed by atoms with Gasteiger partial charge in [-0.25, -0.2) is 0 Å². The van der Waals surface area contributed by atoms with E-state index in [4.69, 9.17) is 10.1 Å². The minimum absolute atomic E-state index is 0.0110. The maximum atomic E-state index is 13.2. The zero-order valence-electron chi connectivity index (χ0n) is 20.5. The van der Waals surface area contributed by atoms with Gasteiger partial charge < -0.3 is 14.2 Å². The molecule has 198 valence electrons. The van der Waals surface area contributed by atoms with Gasteiger partial charge in [-0.2, -0.15) is 28.3 Å². The van der Waals surface area contributed by atoms with E-state index in [1.807, 2.05) is 0 Å². The lowest BCUT2D eigenvalue weighted by molar-refractivity contribution is -0.137. The molecule has 5 rings (SSSR count). The number of aryl methyl sites for hydroxylation is 1. The molecular formula is C25H23F3N6O3S. The number of carbonyl (C=O) groups is 2. The van der Waals surface area contributed by atoms with Crippen LogP contribution in [0.4, 0.5) is 13.2 Å². The minimum atomic E-state index is -4.48. The number of hydrogen-bond donors (Lipinski definition) is 1. The van der Waals surface area contributed by atoms with Crippen LogP contribution in [0.2, 0.25) is 0 Å². The van der Waals surface area contributed by atoms with Crippen LogP contribution in [-0.2, 0) is 20.5 Å². The van der Waals surface area contributed by atoms with Crippen molar-refractivity contribution in [1.29, 1.82) is 5.41 Å². The standard InChI is InChI=1S/C25H23F3N6O3S/c1-14-10-16(15(2)33(14)18-5-3-4-17(12-18)25(26,27)28)11-19-22(29)34-24(30-23(19)36)38-20(31-34)13-21(35)32-6-8-37-9-7-32/h3-5,10-12,29H,6-9,13H2,1-2H3. The molecule has 0 spiro atoms. The summed E-state index contributed by atoms with van der Waals surface area (Å²) in [5.41, 5.74) is 1.38. The van der Waals surface area contributed by atoms with Crippen molar-refractivity contribution in [3.05, 3.63) is 58.4 Å². The van der Waals surface area contributed by atoms with Gasteiger partial charge in [0, 0.05) is 30.2 Å². The number of aromatic nitrogens is 1. The summed E-state index contributed by atoms with van der Waals surface area (Å²) in [5, 5.41) is 14.8. The van der Waals surface area contributed by atoms with Crippen LogP contribution in [0.15, 0.2) is 46.0 Å². The first-order valence-electron chi connectivity index (χ1n) is 11.7. The predicted octanol–water partition coefficient (Wildman–Crippen LogP) is 3.98. The number of aliphatic imine (C=N–C) groups is 1. The van der Waals surface area contributed by atoms with E-state index in [2.05, 4.69) is 10.1 Å². The van der Waals surface area contributed by atoms with Gasteiger partial charge in [0.15, 0.2) is 5.84 Å². The van der Waals surface area contributed by atoms with E-state index in [9.17, 15) is 22.8 Å². The van der Waals surface area contributed by atoms with Crippen molar-refractivity contribution in [3.63, 3.8) is 0 Å². The van der Waals surface area contributed by atoms with Gasteiger partial charge in [0.1, 0.15) is 5.04 Å². The predicted molar refractivity (Wildman–Crippen MR) is 137 cm³/mol. The number of thioether (sulfide) groups is 1. The first-order chi connectivity index (χ1) is 18.0. The van der Waals surface area contributed by atoms with Crippen LogP contribution in [0.3, 0.4) is 0 Å². The third kappa shape index (κ3) is 4.90. The molecule has 0 atom stereocenters. The smallest absolute Gasteiger partial charge is 0.378 e. The summed E-state index contributed by atoms with van der Waals surface area (Å²) in [5.74, 6) is -0.936. The van der Waals surface area contributed by atoms with Crippen LogP contribution < -0.4 is 0 Å². The van der Waals surface area contributed by atoms with Crippen LogP contribution >= 0.6 is 11.8 Å². The van der Waals surface area contributed by atoms with E-state index < -0.39 is 17.6 Å². The Hall–Kier alpha value is -3.71. The molecule has 1 aromatic heterocycles. The number of halogens is 3. The molecule has 0 bridgehead atoms. The maximum absolute atomic E-state index is 13.2. The van der Waals surface area contributed by atoms with Crippen LogP contribution in [-0.4, -0.2) is 68.6 Å². The highest BCUT2D eigenvalue weighted by Crippen LogP contribution is 2.33. The van der Waals surface area contributed by atoms with Crippen molar-refractivity contribution >= 4 is 45.7 Å². The zero-order valence-corrected chi connectivity index (χ0v) is 21.3. The topological polar surface area (TPSA) is 103 Å². The number of rotatable bonds is 4. The normalized spacial score (nSPS) is 19.1. The summed E-state index contributed by atoms with van der Waals surface area (Å²) < 4.78 is 46.7. The molecule has 0 unspecified atom stereocenters. The van der Waals surface area contributed by atoms with Gasteiger partial charge in [0.25, 0.3) is 5.91 Å². The molecule has 1 saturated heterocycles. The van der Waals surface area contributed by atoms with Crippen molar-refractivity contribution in [2.45, 2.75) is 26.4 Å². The fourth-order valence-electron chi connectivity index (χ4n) is 4.46. The number of fused-ring (bicyclic) bond motifs is 1. The van der Waals surface area contributed by atoms with Gasteiger partial charge in [0.2, 0.25) is 11.1 Å². The number of amidine groups is 2. The molecule has 9 nitrogen and oxygen atoms in total. The number of hydrazone groups is 1. The molecule has 2 aromatic rings. The van der Waals surface area contributed by atoms with Crippen LogP contribution in [0.5, 0.6) is 0 Å². The number of carbonyl (C=O) groups excluding carboxylic acids is 2. The largest absolute Gasteiger partial charge is 0.416 e. The molecule has 0 radical (unpaired) electrons. The van der Waals surface area contributed by atoms with Gasteiger partial charge in [-0.3, -0.25) is 15.0 Å². The lowest BCUT2D eigenvalue weighted by Crippen LogP contribution is -2.41. The second-order valence-corrected chi connectivity index (χ2v) is 9.93. The van der Waals surface area contributed by atoms with E-state index in [1.165, 1.54) is 17.2 Å². The summed E-state index contributed by atoms with van der Waals surface area (Å²) in [6.45, 7) is 5.43. The SMILES string of the molecule is Cc1cc(C=C2C(=N)N3N=C(CC(=O)N4CCOCC4)SC3=NC2=O)c(C)n1-c1cccc(C(F)(F)F)c1. The molecule has 13 heteroatoms. The van der Waals surface area contributed by atoms with Gasteiger partial charge in [-0.15, -0.1) is 0 Å². The highest BCUT2D eigenvalue weighted by Gasteiger charge is 2.37. The molecular weight excluding hydrogens is 521 g/mol. The molecule has 0 aliphatic carbocycles. The molecule has 38 heavy (non-hydrogen) atoms. The molecule has 3 aliphatic rings. The average molecular weight is 545 g/mol. The highest BCUT2D eigenvalue weighted by molar-refractivity contribution is 8.27. The van der Waals surface area contributed by atoms with E-state index in [0.29, 0.717) is 54.0 Å². The first-order valence-corrected chi connectivity index (χ1v) is 12.6. The summed E-state index contributed by atoms with van der Waals surface area (Å²) >= 11 is 1.08. The van der Waals surface area contributed by atoms with Crippen LogP contribution in [0, 0.1) is 19.3 Å². The molecule has 1 aromatic carbocycles. The number of ether oxygens (including phenoxy) is 1. The van der Waals surface area contributed by atoms with E-state index >= 15 is 0 Å². The molecule has 2 amide bonds. The van der Waals surface area contributed by atoms with Crippen molar-refractivity contribution in [3.8, 4) is 5.69 Å². The number of morpholine rings is 1. The Labute approximate surface area is 220 Å². The lowest BCUT2D eigenvalue weighted by Gasteiger charge is -2.26. The Balaban J connectivity index is 1.40. The van der Waals surface area contributed by atoms with Crippen LogP contribution in [0.1, 0.15) is 28.9 Å². The number of benzene rings is 1. The summed E-state index contributed by atoms with van der Waals surface area (Å²) in [7, 11) is 0. The number of nitrogens with zero attached hydrogens (tertiary/aromatic N) is 5. The first kappa shape index (κ1) is 25.9. The van der Waals surface area contributed by atoms with Gasteiger partial charge >= 0.3 is 6.18 Å². The summed E-state index contributed by atoms with van der Waals surface area (Å²) in [6.07, 6.45) is -2.96. The molecule has 3 aliphatic heterocycles. The van der Waals surface area contributed by atoms with Crippen molar-refractivity contribution in [2.24, 2.45) is 10.1 Å². The fraction of sp³-hybridized carbons (Fsp3) is 0.320. The van der Waals surface area contributed by atoms with E-state index in [1.54, 1.807) is 35.4 Å². The number of alkyl halides is 3. The molecule has 0 saturated carbocycles. The maximum Gasteiger partial charge on any atom is 0.416 e. The Bertz CT molecular complexity index is 1440. The van der Waals surface area contributed by atoms with Gasteiger partial charge in [-0.1, -0.05) is 6.07 Å². The number of nitrogens with one attached hydrogen (secondary N) is 1. The minimum Gasteiger partial charge on any atom is -0.378 e. The third-order valence-corrected chi connectivity index (χ3v) is 7.27. The van der Waals surface area contributed by atoms with Crippen molar-refractivity contribution < 1.29 is 27.5 Å². The van der Waals surface area contributed by atoms with Crippen molar-refractivity contribution in [2.75, 3.05) is 26.3 Å². The Morgan fingerprint density at radius 2 is 1.95 bits per heavy atom. The Kier molecular flexibility index (Phi) is 6.73. The lowest BCUT2D eigenvalue weighted by atomic mass is 10.1. The third-order valence-electron chi connectivity index (χ3n) is 6.36. The number of amides is 2. The zero-order chi connectivity index (χ0) is 27.2. The van der Waals surface area contributed by atoms with Crippen LogP contribution in [0.25, 0.3) is 11.8 Å². The Morgan fingerprint density at radius 1 is 1.21 bits per heavy atom. The number of hydrogen-bond acceptors (Lipinski definition) is 6. The fourth-order valence-corrected chi connectivity index (χ4v) is 5.34. The van der Waals surface area contributed by atoms with Gasteiger partial charge in [-0.05, 0) is 61.5 Å². The molecule has 1 fully saturated rings. The average Bonchev–Trinajstić information content (AvgIpc) is 3.40. The Morgan fingerprint density at radius 3 is 2.66 bits per heavy atom. The summed E-state index contributed by atoms with van der Waals surface area (Å²) in [6, 6.07) is 6.73.